The fourth-order valence-corrected chi connectivity index (χ4v) is 3.11. The van der Waals surface area contributed by atoms with Crippen molar-refractivity contribution < 1.29 is 9.53 Å². The smallest absolute Gasteiger partial charge is 0.254 e. The first-order valence-electron chi connectivity index (χ1n) is 7.49. The Morgan fingerprint density at radius 3 is 3.00 bits per heavy atom. The molecule has 1 saturated heterocycles. The normalized spacial score (nSPS) is 18.8. The molecule has 4 nitrogen and oxygen atoms in total. The van der Waals surface area contributed by atoms with Crippen LogP contribution in [0.4, 0.5) is 5.69 Å². The highest BCUT2D eigenvalue weighted by atomic mass is 79.9. The molecule has 2 rings (SSSR count). The molecule has 1 fully saturated rings. The second kappa shape index (κ2) is 7.27. The highest BCUT2D eigenvalue weighted by Gasteiger charge is 2.26. The monoisotopic (exact) mass is 354 g/mol. The molecule has 0 aliphatic carbocycles. The summed E-state index contributed by atoms with van der Waals surface area (Å²) in [4.78, 5) is 14.6. The second-order valence-electron chi connectivity index (χ2n) is 5.55. The molecule has 21 heavy (non-hydrogen) atoms. The molecule has 1 aliphatic rings. The summed E-state index contributed by atoms with van der Waals surface area (Å²) in [6, 6.07) is 3.68. The minimum Gasteiger partial charge on any atom is -0.398 e. The lowest BCUT2D eigenvalue weighted by Gasteiger charge is -2.33. The second-order valence-corrected chi connectivity index (χ2v) is 6.47. The minimum atomic E-state index is 0.0466. The third-order valence-corrected chi connectivity index (χ3v) is 4.32. The van der Waals surface area contributed by atoms with Crippen molar-refractivity contribution in [1.82, 2.24) is 4.90 Å². The third-order valence-electron chi connectivity index (χ3n) is 3.87. The van der Waals surface area contributed by atoms with Gasteiger partial charge in [-0.05, 0) is 43.9 Å². The van der Waals surface area contributed by atoms with Gasteiger partial charge in [-0.3, -0.25) is 4.79 Å². The van der Waals surface area contributed by atoms with Gasteiger partial charge in [-0.2, -0.15) is 0 Å². The Hall–Kier alpha value is -1.07. The van der Waals surface area contributed by atoms with Gasteiger partial charge in [0.25, 0.3) is 5.91 Å². The number of benzene rings is 1. The predicted octanol–water partition coefficient (Wildman–Crippen LogP) is 3.37. The first-order chi connectivity index (χ1) is 10.0. The van der Waals surface area contributed by atoms with Crippen LogP contribution in [-0.4, -0.2) is 36.6 Å². The van der Waals surface area contributed by atoms with E-state index in [0.29, 0.717) is 17.8 Å². The average molecular weight is 355 g/mol. The summed E-state index contributed by atoms with van der Waals surface area (Å²) < 4.78 is 6.64. The van der Waals surface area contributed by atoms with Crippen molar-refractivity contribution in [3.8, 4) is 0 Å². The average Bonchev–Trinajstić information content (AvgIpc) is 2.48. The van der Waals surface area contributed by atoms with Crippen LogP contribution in [-0.2, 0) is 4.74 Å². The number of halogens is 1. The first-order valence-corrected chi connectivity index (χ1v) is 8.28. The van der Waals surface area contributed by atoms with E-state index in [1.807, 2.05) is 24.0 Å². The van der Waals surface area contributed by atoms with E-state index < -0.39 is 0 Å². The molecule has 2 N–H and O–H groups in total. The van der Waals surface area contributed by atoms with Crippen LogP contribution in [0.25, 0.3) is 0 Å². The van der Waals surface area contributed by atoms with Crippen molar-refractivity contribution in [3.05, 3.63) is 27.7 Å². The largest absolute Gasteiger partial charge is 0.398 e. The van der Waals surface area contributed by atoms with Crippen molar-refractivity contribution in [3.63, 3.8) is 0 Å². The number of piperidine rings is 1. The number of likely N-dealkylation sites (tertiary alicyclic amines) is 1. The van der Waals surface area contributed by atoms with Gasteiger partial charge >= 0.3 is 0 Å². The quantitative estimate of drug-likeness (QED) is 0.843. The van der Waals surface area contributed by atoms with Crippen molar-refractivity contribution in [2.45, 2.75) is 39.2 Å². The van der Waals surface area contributed by atoms with Gasteiger partial charge in [-0.1, -0.05) is 22.9 Å². The number of nitrogen functional groups attached to an aromatic ring is 1. The molecular formula is C16H23BrN2O2. The fourth-order valence-electron chi connectivity index (χ4n) is 2.64. The van der Waals surface area contributed by atoms with E-state index >= 15 is 0 Å². The van der Waals surface area contributed by atoms with Gasteiger partial charge in [-0.25, -0.2) is 0 Å². The molecule has 1 heterocycles. The maximum atomic E-state index is 12.7. The van der Waals surface area contributed by atoms with Crippen molar-refractivity contribution >= 4 is 27.5 Å². The van der Waals surface area contributed by atoms with Gasteiger partial charge in [-0.15, -0.1) is 0 Å². The van der Waals surface area contributed by atoms with Gasteiger partial charge in [0.1, 0.15) is 0 Å². The molecule has 0 saturated carbocycles. The number of carbonyl (C=O) groups excluding carboxylic acids is 1. The molecule has 1 unspecified atom stereocenters. The summed E-state index contributed by atoms with van der Waals surface area (Å²) in [5.74, 6) is 0.0466. The lowest BCUT2D eigenvalue weighted by atomic mass is 10.0. The van der Waals surface area contributed by atoms with Gasteiger partial charge < -0.3 is 15.4 Å². The zero-order valence-electron chi connectivity index (χ0n) is 12.7. The Morgan fingerprint density at radius 1 is 1.52 bits per heavy atom. The Morgan fingerprint density at radius 2 is 2.29 bits per heavy atom. The Bertz CT molecular complexity index is 519. The van der Waals surface area contributed by atoms with E-state index in [-0.39, 0.29) is 12.0 Å². The molecule has 0 bridgehead atoms. The topological polar surface area (TPSA) is 55.6 Å². The third kappa shape index (κ3) is 3.98. The molecule has 1 aromatic carbocycles. The number of nitrogens with two attached hydrogens (primary N) is 1. The van der Waals surface area contributed by atoms with E-state index in [0.717, 1.165) is 42.5 Å². The van der Waals surface area contributed by atoms with Crippen LogP contribution in [0.5, 0.6) is 0 Å². The van der Waals surface area contributed by atoms with Crippen LogP contribution in [0.1, 0.15) is 42.1 Å². The maximum absolute atomic E-state index is 12.7. The maximum Gasteiger partial charge on any atom is 0.254 e. The molecule has 0 spiro atoms. The highest BCUT2D eigenvalue weighted by Crippen LogP contribution is 2.25. The van der Waals surface area contributed by atoms with E-state index in [1.165, 1.54) is 0 Å². The van der Waals surface area contributed by atoms with Crippen LogP contribution in [0.15, 0.2) is 16.6 Å². The lowest BCUT2D eigenvalue weighted by molar-refractivity contribution is 0.00208. The summed E-state index contributed by atoms with van der Waals surface area (Å²) in [6.45, 7) is 6.21. The van der Waals surface area contributed by atoms with Gasteiger partial charge in [0.2, 0.25) is 0 Å². The van der Waals surface area contributed by atoms with Crippen molar-refractivity contribution in [1.29, 1.82) is 0 Å². The highest BCUT2D eigenvalue weighted by molar-refractivity contribution is 9.10. The molecule has 1 aliphatic heterocycles. The molecule has 0 aromatic heterocycles. The molecule has 1 atom stereocenters. The number of hydrogen-bond donors (Lipinski definition) is 1. The van der Waals surface area contributed by atoms with Crippen LogP contribution >= 0.6 is 15.9 Å². The summed E-state index contributed by atoms with van der Waals surface area (Å²) in [5.41, 5.74) is 8.12. The van der Waals surface area contributed by atoms with Gasteiger partial charge in [0, 0.05) is 35.4 Å². The minimum absolute atomic E-state index is 0.0466. The Balaban J connectivity index is 2.12. The number of ether oxygens (including phenoxy) is 1. The number of hydrogen-bond acceptors (Lipinski definition) is 3. The van der Waals surface area contributed by atoms with E-state index in [4.69, 9.17) is 10.5 Å². The van der Waals surface area contributed by atoms with Crippen LogP contribution in [0.2, 0.25) is 0 Å². The molecule has 5 heteroatoms. The lowest BCUT2D eigenvalue weighted by Crippen LogP contribution is -2.43. The van der Waals surface area contributed by atoms with Gasteiger partial charge in [0.05, 0.1) is 6.10 Å². The van der Waals surface area contributed by atoms with Gasteiger partial charge in [0.15, 0.2) is 0 Å². The number of amides is 1. The Kier molecular flexibility index (Phi) is 5.65. The SMILES string of the molecule is CCCOC1CCCN(C(=O)c2cc(Br)cc(N)c2C)C1. The van der Waals surface area contributed by atoms with Crippen molar-refractivity contribution in [2.75, 3.05) is 25.4 Å². The molecule has 0 radical (unpaired) electrons. The van der Waals surface area contributed by atoms with Crippen molar-refractivity contribution in [2.24, 2.45) is 0 Å². The van der Waals surface area contributed by atoms with E-state index in [1.54, 1.807) is 0 Å². The zero-order chi connectivity index (χ0) is 15.4. The predicted molar refractivity (Wildman–Crippen MR) is 88.5 cm³/mol. The molecule has 1 amide bonds. The number of carbonyl (C=O) groups is 1. The zero-order valence-corrected chi connectivity index (χ0v) is 14.3. The van der Waals surface area contributed by atoms with Crippen LogP contribution in [0, 0.1) is 6.92 Å². The van der Waals surface area contributed by atoms with Crippen LogP contribution < -0.4 is 5.73 Å². The fraction of sp³-hybridized carbons (Fsp3) is 0.562. The molecular weight excluding hydrogens is 332 g/mol. The number of anilines is 1. The number of nitrogens with zero attached hydrogens (tertiary/aromatic N) is 1. The molecule has 116 valence electrons. The number of rotatable bonds is 4. The van der Waals surface area contributed by atoms with E-state index in [2.05, 4.69) is 22.9 Å². The summed E-state index contributed by atoms with van der Waals surface area (Å²) >= 11 is 3.41. The standard InChI is InChI=1S/C16H23BrN2O2/c1-3-7-21-13-5-4-6-19(10-13)16(20)14-8-12(17)9-15(18)11(14)2/h8-9,13H,3-7,10,18H2,1-2H3. The molecule has 1 aromatic rings. The summed E-state index contributed by atoms with van der Waals surface area (Å²) in [6.07, 6.45) is 3.19. The van der Waals surface area contributed by atoms with Crippen LogP contribution in [0.3, 0.4) is 0 Å². The summed E-state index contributed by atoms with van der Waals surface area (Å²) in [5, 5.41) is 0. The van der Waals surface area contributed by atoms with E-state index in [9.17, 15) is 4.79 Å². The summed E-state index contributed by atoms with van der Waals surface area (Å²) in [7, 11) is 0. The Labute approximate surface area is 134 Å². The first kappa shape index (κ1) is 16.3.